The first-order valence-corrected chi connectivity index (χ1v) is 10.3. The lowest BCUT2D eigenvalue weighted by molar-refractivity contribution is -0.191. The molecular weight excluding hydrogens is 360 g/mol. The Bertz CT molecular complexity index is 967. The number of rotatable bonds is 5. The molecule has 29 heavy (non-hydrogen) atoms. The number of fused-ring (bicyclic) bond motifs is 1. The van der Waals surface area contributed by atoms with Crippen LogP contribution in [-0.2, 0) is 9.59 Å². The first-order chi connectivity index (χ1) is 14.2. The van der Waals surface area contributed by atoms with Crippen molar-refractivity contribution < 1.29 is 14.3 Å². The van der Waals surface area contributed by atoms with E-state index in [4.69, 9.17) is 14.3 Å². The van der Waals surface area contributed by atoms with Gasteiger partial charge in [0.25, 0.3) is 0 Å². The molecule has 3 heteroatoms. The quantitative estimate of drug-likeness (QED) is 0.512. The highest BCUT2D eigenvalue weighted by atomic mass is 16.5. The van der Waals surface area contributed by atoms with Gasteiger partial charge in [-0.15, -0.1) is 0 Å². The van der Waals surface area contributed by atoms with Gasteiger partial charge in [0.05, 0.1) is 7.11 Å². The monoisotopic (exact) mass is 388 g/mol. The van der Waals surface area contributed by atoms with Crippen molar-refractivity contribution in [2.75, 3.05) is 7.11 Å². The van der Waals surface area contributed by atoms with E-state index in [-0.39, 0.29) is 6.15 Å². The molecule has 0 bridgehead atoms. The van der Waals surface area contributed by atoms with Gasteiger partial charge in [0.2, 0.25) is 0 Å². The van der Waals surface area contributed by atoms with Crippen LogP contribution in [0.2, 0.25) is 0 Å². The molecule has 3 aromatic rings. The van der Waals surface area contributed by atoms with Crippen molar-refractivity contribution in [2.24, 2.45) is 5.92 Å². The average molecular weight is 389 g/mol. The van der Waals surface area contributed by atoms with Crippen LogP contribution in [-0.4, -0.2) is 13.3 Å². The highest BCUT2D eigenvalue weighted by molar-refractivity contribution is 5.86. The molecule has 1 saturated carbocycles. The van der Waals surface area contributed by atoms with Crippen molar-refractivity contribution in [3.05, 3.63) is 77.9 Å². The minimum Gasteiger partial charge on any atom is -0.497 e. The van der Waals surface area contributed by atoms with Crippen LogP contribution >= 0.6 is 0 Å². The van der Waals surface area contributed by atoms with Crippen molar-refractivity contribution in [2.45, 2.75) is 44.4 Å². The van der Waals surface area contributed by atoms with Crippen LogP contribution in [0, 0.1) is 5.92 Å². The average Bonchev–Trinajstić information content (AvgIpc) is 3.22. The van der Waals surface area contributed by atoms with Gasteiger partial charge in [-0.3, -0.25) is 0 Å². The third-order valence-corrected chi connectivity index (χ3v) is 6.15. The van der Waals surface area contributed by atoms with Crippen LogP contribution in [0.5, 0.6) is 5.75 Å². The van der Waals surface area contributed by atoms with E-state index in [0.29, 0.717) is 11.8 Å². The number of hydrogen-bond donors (Lipinski definition) is 0. The van der Waals surface area contributed by atoms with Crippen molar-refractivity contribution in [1.29, 1.82) is 0 Å². The maximum atomic E-state index is 8.12. The lowest BCUT2D eigenvalue weighted by Crippen LogP contribution is -2.03. The van der Waals surface area contributed by atoms with Gasteiger partial charge in [0, 0.05) is 0 Å². The Morgan fingerprint density at radius 1 is 1.00 bits per heavy atom. The normalized spacial score (nSPS) is 19.1. The fourth-order valence-electron chi connectivity index (χ4n) is 4.79. The number of benzene rings is 3. The summed E-state index contributed by atoms with van der Waals surface area (Å²) in [6, 6.07) is 24.2. The minimum atomic E-state index is 0.250. The molecule has 4 rings (SSSR count). The Morgan fingerprint density at radius 3 is 2.52 bits per heavy atom. The fourth-order valence-corrected chi connectivity index (χ4v) is 4.79. The summed E-state index contributed by atoms with van der Waals surface area (Å²) in [4.78, 5) is 16.2. The minimum absolute atomic E-state index is 0.250. The van der Waals surface area contributed by atoms with Crippen molar-refractivity contribution >= 4 is 16.9 Å². The molecule has 1 aliphatic carbocycles. The van der Waals surface area contributed by atoms with Gasteiger partial charge in [-0.1, -0.05) is 61.5 Å². The zero-order valence-corrected chi connectivity index (χ0v) is 17.1. The highest BCUT2D eigenvalue weighted by Crippen LogP contribution is 2.43. The van der Waals surface area contributed by atoms with E-state index >= 15 is 0 Å². The van der Waals surface area contributed by atoms with Crippen LogP contribution in [0.3, 0.4) is 0 Å². The van der Waals surface area contributed by atoms with E-state index in [1.54, 1.807) is 7.11 Å². The van der Waals surface area contributed by atoms with Gasteiger partial charge in [-0.25, -0.2) is 0 Å². The molecule has 0 heterocycles. The molecule has 1 fully saturated rings. The first kappa shape index (κ1) is 20.8. The molecule has 0 unspecified atom stereocenters. The number of ether oxygens (including phenoxy) is 1. The van der Waals surface area contributed by atoms with E-state index in [1.807, 2.05) is 6.07 Å². The van der Waals surface area contributed by atoms with E-state index in [1.165, 1.54) is 47.6 Å². The van der Waals surface area contributed by atoms with Crippen LogP contribution in [0.15, 0.2) is 66.7 Å². The highest BCUT2D eigenvalue weighted by Gasteiger charge is 2.27. The van der Waals surface area contributed by atoms with E-state index in [9.17, 15) is 0 Å². The third-order valence-electron chi connectivity index (χ3n) is 6.15. The zero-order chi connectivity index (χ0) is 20.6. The summed E-state index contributed by atoms with van der Waals surface area (Å²) in [7, 11) is 1.75. The Labute approximate surface area is 172 Å². The summed E-state index contributed by atoms with van der Waals surface area (Å²) < 4.78 is 5.40. The standard InChI is InChI=1S/C25H28O.CO2/c1-18(24-12-6-8-20-7-3-4-11-25(20)24)15-19-13-14-22(16-19)21-9-5-10-23(17-21)26-2;2-1-3/h3-12,17-19,22H,13-16H2,1-2H3;/t18-,19+,22+;/m0./s1. The van der Waals surface area contributed by atoms with Crippen LogP contribution < -0.4 is 4.74 Å². The summed E-state index contributed by atoms with van der Waals surface area (Å²) in [5.41, 5.74) is 2.96. The molecule has 0 saturated heterocycles. The molecule has 1 aliphatic rings. The number of hydrogen-bond acceptors (Lipinski definition) is 3. The van der Waals surface area contributed by atoms with Gasteiger partial charge in [0.15, 0.2) is 0 Å². The predicted octanol–water partition coefficient (Wildman–Crippen LogP) is 6.34. The molecule has 3 nitrogen and oxygen atoms in total. The molecule has 0 spiro atoms. The van der Waals surface area contributed by atoms with E-state index in [2.05, 4.69) is 67.6 Å². The Balaban J connectivity index is 0.000000755. The number of carbonyl (C=O) groups excluding carboxylic acids is 2. The second-order valence-corrected chi connectivity index (χ2v) is 7.94. The Kier molecular flexibility index (Phi) is 7.21. The maximum absolute atomic E-state index is 8.12. The maximum Gasteiger partial charge on any atom is 0.373 e. The number of methoxy groups -OCH3 is 1. The second kappa shape index (κ2) is 10.0. The fraction of sp³-hybridized carbons (Fsp3) is 0.346. The Hall–Kier alpha value is -2.90. The summed E-state index contributed by atoms with van der Waals surface area (Å²) >= 11 is 0. The zero-order valence-electron chi connectivity index (χ0n) is 17.1. The molecule has 3 atom stereocenters. The van der Waals surface area contributed by atoms with Gasteiger partial charge >= 0.3 is 6.15 Å². The summed E-state index contributed by atoms with van der Waals surface area (Å²) in [5, 5.41) is 2.78. The van der Waals surface area contributed by atoms with Gasteiger partial charge in [-0.2, -0.15) is 9.59 Å². The SMILES string of the molecule is COc1cccc([C@@H]2CC[C@H](C[C@H](C)c3cccc4ccccc34)C2)c1.O=C=O. The van der Waals surface area contributed by atoms with Crippen LogP contribution in [0.1, 0.15) is 55.6 Å². The lowest BCUT2D eigenvalue weighted by Gasteiger charge is -2.19. The predicted molar refractivity (Wildman–Crippen MR) is 115 cm³/mol. The molecule has 0 aromatic heterocycles. The molecule has 150 valence electrons. The van der Waals surface area contributed by atoms with E-state index < -0.39 is 0 Å². The van der Waals surface area contributed by atoms with Crippen molar-refractivity contribution in [1.82, 2.24) is 0 Å². The van der Waals surface area contributed by atoms with Crippen molar-refractivity contribution in [3.63, 3.8) is 0 Å². The molecule has 0 radical (unpaired) electrons. The van der Waals surface area contributed by atoms with Gasteiger partial charge in [0.1, 0.15) is 5.75 Å². The molecule has 0 aliphatic heterocycles. The second-order valence-electron chi connectivity index (χ2n) is 7.94. The van der Waals surface area contributed by atoms with Crippen LogP contribution in [0.25, 0.3) is 10.8 Å². The first-order valence-electron chi connectivity index (χ1n) is 10.3. The lowest BCUT2D eigenvalue weighted by atomic mass is 9.86. The van der Waals surface area contributed by atoms with Gasteiger partial charge in [-0.05, 0) is 77.5 Å². The third kappa shape index (κ3) is 5.13. The summed E-state index contributed by atoms with van der Waals surface area (Å²) in [6.45, 7) is 2.40. The molecule has 3 aromatic carbocycles. The molecule has 0 N–H and O–H groups in total. The smallest absolute Gasteiger partial charge is 0.373 e. The molecular formula is C26H28O3. The van der Waals surface area contributed by atoms with Crippen molar-refractivity contribution in [3.8, 4) is 5.75 Å². The molecule has 0 amide bonds. The van der Waals surface area contributed by atoms with Gasteiger partial charge < -0.3 is 4.74 Å². The largest absolute Gasteiger partial charge is 0.497 e. The van der Waals surface area contributed by atoms with Crippen LogP contribution in [0.4, 0.5) is 0 Å². The Morgan fingerprint density at radius 2 is 1.72 bits per heavy atom. The summed E-state index contributed by atoms with van der Waals surface area (Å²) in [6.07, 6.45) is 5.49. The van der Waals surface area contributed by atoms with E-state index in [0.717, 1.165) is 11.7 Å². The topological polar surface area (TPSA) is 43.4 Å². The summed E-state index contributed by atoms with van der Waals surface area (Å²) in [5.74, 6) is 3.10.